The van der Waals surface area contributed by atoms with Crippen LogP contribution in [0.2, 0.25) is 0 Å². The highest BCUT2D eigenvalue weighted by atomic mass is 19.1. The van der Waals surface area contributed by atoms with Crippen molar-refractivity contribution in [2.75, 3.05) is 45.3 Å². The average Bonchev–Trinajstić information content (AvgIpc) is 2.38. The van der Waals surface area contributed by atoms with Crippen LogP contribution in [0.3, 0.4) is 0 Å². The summed E-state index contributed by atoms with van der Waals surface area (Å²) in [5.74, 6) is -0.422. The molecule has 1 fully saturated rings. The van der Waals surface area contributed by atoms with Gasteiger partial charge in [-0.2, -0.15) is 0 Å². The van der Waals surface area contributed by atoms with Gasteiger partial charge in [0.2, 0.25) is 0 Å². The molecule has 1 aliphatic rings. The molecule has 7 heteroatoms. The second-order valence-corrected chi connectivity index (χ2v) is 5.22. The Kier molecular flexibility index (Phi) is 4.98. The molecule has 2 N–H and O–H groups in total. The molecule has 0 aliphatic carbocycles. The quantitative estimate of drug-likeness (QED) is 0.723. The average molecular weight is 282 g/mol. The van der Waals surface area contributed by atoms with E-state index < -0.39 is 12.9 Å². The van der Waals surface area contributed by atoms with Gasteiger partial charge in [0, 0.05) is 19.6 Å². The molecule has 0 radical (unpaired) electrons. The van der Waals surface area contributed by atoms with Gasteiger partial charge >= 0.3 is 7.12 Å². The van der Waals surface area contributed by atoms with E-state index >= 15 is 0 Å². The van der Waals surface area contributed by atoms with E-state index in [1.807, 2.05) is 23.9 Å². The van der Waals surface area contributed by atoms with Gasteiger partial charge in [0.15, 0.2) is 0 Å². The van der Waals surface area contributed by atoms with Crippen molar-refractivity contribution >= 4 is 18.3 Å². The second-order valence-electron chi connectivity index (χ2n) is 5.22. The minimum absolute atomic E-state index is 0.177. The van der Waals surface area contributed by atoms with E-state index in [1.54, 1.807) is 6.07 Å². The Morgan fingerprint density at radius 1 is 1.30 bits per heavy atom. The maximum absolute atomic E-state index is 14.4. The Morgan fingerprint density at radius 3 is 2.50 bits per heavy atom. The molecule has 1 aromatic rings. The number of benzene rings is 1. The molecular weight excluding hydrogens is 262 g/mol. The highest BCUT2D eigenvalue weighted by molar-refractivity contribution is 6.58. The van der Waals surface area contributed by atoms with Crippen molar-refractivity contribution < 1.29 is 19.2 Å². The van der Waals surface area contributed by atoms with E-state index in [0.29, 0.717) is 38.5 Å². The fourth-order valence-electron chi connectivity index (χ4n) is 2.43. The maximum Gasteiger partial charge on any atom is 0.488 e. The van der Waals surface area contributed by atoms with Gasteiger partial charge in [0.05, 0.1) is 18.9 Å². The van der Waals surface area contributed by atoms with Crippen molar-refractivity contribution in [3.05, 3.63) is 23.5 Å². The first-order valence-electron chi connectivity index (χ1n) is 6.65. The lowest BCUT2D eigenvalue weighted by Crippen LogP contribution is -2.39. The number of rotatable bonds is 4. The fourth-order valence-corrected chi connectivity index (χ4v) is 2.43. The zero-order valence-corrected chi connectivity index (χ0v) is 11.8. The topological polar surface area (TPSA) is 56.2 Å². The first-order chi connectivity index (χ1) is 9.49. The van der Waals surface area contributed by atoms with Crippen LogP contribution in [0.15, 0.2) is 12.1 Å². The monoisotopic (exact) mass is 282 g/mol. The summed E-state index contributed by atoms with van der Waals surface area (Å²) < 4.78 is 19.7. The number of ether oxygens (including phenoxy) is 1. The number of hydrogen-bond donors (Lipinski definition) is 2. The summed E-state index contributed by atoms with van der Waals surface area (Å²) in [6.45, 7) is 2.96. The smallest absolute Gasteiger partial charge is 0.423 e. The molecule has 1 heterocycles. The van der Waals surface area contributed by atoms with E-state index in [4.69, 9.17) is 4.74 Å². The zero-order chi connectivity index (χ0) is 14.7. The van der Waals surface area contributed by atoms with Gasteiger partial charge in [0.1, 0.15) is 5.82 Å². The van der Waals surface area contributed by atoms with Crippen molar-refractivity contribution in [1.82, 2.24) is 4.90 Å². The highest BCUT2D eigenvalue weighted by Gasteiger charge is 2.23. The third kappa shape index (κ3) is 3.49. The van der Waals surface area contributed by atoms with Gasteiger partial charge in [-0.3, -0.25) is 0 Å². The van der Waals surface area contributed by atoms with E-state index in [9.17, 15) is 14.4 Å². The largest absolute Gasteiger partial charge is 0.488 e. The third-order valence-corrected chi connectivity index (χ3v) is 3.28. The van der Waals surface area contributed by atoms with Crippen LogP contribution < -0.4 is 10.4 Å². The minimum Gasteiger partial charge on any atom is -0.423 e. The van der Waals surface area contributed by atoms with Crippen molar-refractivity contribution in [2.45, 2.75) is 6.54 Å². The molecule has 0 unspecified atom stereocenters. The predicted octanol–water partition coefficient (Wildman–Crippen LogP) is -0.596. The fraction of sp³-hybridized carbons (Fsp3) is 0.538. The first-order valence-corrected chi connectivity index (χ1v) is 6.65. The van der Waals surface area contributed by atoms with Crippen LogP contribution in [0.25, 0.3) is 0 Å². The van der Waals surface area contributed by atoms with Crippen molar-refractivity contribution in [3.63, 3.8) is 0 Å². The van der Waals surface area contributed by atoms with Crippen LogP contribution >= 0.6 is 0 Å². The molecule has 1 saturated heterocycles. The Labute approximate surface area is 118 Å². The van der Waals surface area contributed by atoms with Gasteiger partial charge in [-0.05, 0) is 31.2 Å². The summed E-state index contributed by atoms with van der Waals surface area (Å²) >= 11 is 0. The normalized spacial score (nSPS) is 15.8. The molecule has 0 atom stereocenters. The van der Waals surface area contributed by atoms with E-state index in [2.05, 4.69) is 0 Å². The molecule has 5 nitrogen and oxygen atoms in total. The van der Waals surface area contributed by atoms with Crippen LogP contribution in [0, 0.1) is 5.82 Å². The molecular formula is C13H20BFN2O3. The molecule has 20 heavy (non-hydrogen) atoms. The Hall–Kier alpha value is -1.15. The Bertz CT molecular complexity index is 465. The summed E-state index contributed by atoms with van der Waals surface area (Å²) in [6.07, 6.45) is 0. The Morgan fingerprint density at radius 2 is 1.95 bits per heavy atom. The molecule has 1 aliphatic heterocycles. The standard InChI is InChI=1S/C13H20BFN2O3/c1-16(2)9-10-7-11(14(18)19)8-12(15)13(10)17-3-5-20-6-4-17/h7-8,18-19H,3-6,9H2,1-2H3. The van der Waals surface area contributed by atoms with Crippen molar-refractivity contribution in [1.29, 1.82) is 0 Å². The van der Waals surface area contributed by atoms with Crippen molar-refractivity contribution in [3.8, 4) is 0 Å². The van der Waals surface area contributed by atoms with Crippen molar-refractivity contribution in [2.24, 2.45) is 0 Å². The molecule has 2 rings (SSSR count). The summed E-state index contributed by atoms with van der Waals surface area (Å²) in [5, 5.41) is 18.5. The first kappa shape index (κ1) is 15.2. The summed E-state index contributed by atoms with van der Waals surface area (Å²) in [4.78, 5) is 3.87. The van der Waals surface area contributed by atoms with Crippen LogP contribution in [0.5, 0.6) is 0 Å². The van der Waals surface area contributed by atoms with Gasteiger partial charge in [0.25, 0.3) is 0 Å². The number of nitrogens with zero attached hydrogens (tertiary/aromatic N) is 2. The number of anilines is 1. The zero-order valence-electron chi connectivity index (χ0n) is 11.8. The third-order valence-electron chi connectivity index (χ3n) is 3.28. The lowest BCUT2D eigenvalue weighted by atomic mass is 9.79. The Balaban J connectivity index is 2.41. The second kappa shape index (κ2) is 6.54. The molecule has 0 aromatic heterocycles. The molecule has 0 spiro atoms. The van der Waals surface area contributed by atoms with Gasteiger partial charge in [-0.1, -0.05) is 6.07 Å². The SMILES string of the molecule is CN(C)Cc1cc(B(O)O)cc(F)c1N1CCOCC1. The van der Waals surface area contributed by atoms with Crippen LogP contribution in [-0.4, -0.2) is 62.5 Å². The van der Waals surface area contributed by atoms with Gasteiger partial charge < -0.3 is 24.6 Å². The molecule has 110 valence electrons. The lowest BCUT2D eigenvalue weighted by Gasteiger charge is -2.31. The maximum atomic E-state index is 14.4. The molecule has 0 saturated carbocycles. The molecule has 0 amide bonds. The molecule has 0 bridgehead atoms. The molecule has 1 aromatic carbocycles. The van der Waals surface area contributed by atoms with Crippen LogP contribution in [0.1, 0.15) is 5.56 Å². The summed E-state index contributed by atoms with van der Waals surface area (Å²) in [7, 11) is 2.12. The van der Waals surface area contributed by atoms with Gasteiger partial charge in [-0.25, -0.2) is 4.39 Å². The number of morpholine rings is 1. The summed E-state index contributed by atoms with van der Waals surface area (Å²) in [6, 6.07) is 2.84. The van der Waals surface area contributed by atoms with E-state index in [-0.39, 0.29) is 5.46 Å². The lowest BCUT2D eigenvalue weighted by molar-refractivity contribution is 0.122. The van der Waals surface area contributed by atoms with E-state index in [1.165, 1.54) is 6.07 Å². The summed E-state index contributed by atoms with van der Waals surface area (Å²) in [5.41, 5.74) is 1.46. The number of halogens is 1. The predicted molar refractivity (Wildman–Crippen MR) is 76.6 cm³/mol. The van der Waals surface area contributed by atoms with Crippen LogP contribution in [-0.2, 0) is 11.3 Å². The van der Waals surface area contributed by atoms with Gasteiger partial charge in [-0.15, -0.1) is 0 Å². The van der Waals surface area contributed by atoms with E-state index in [0.717, 1.165) is 5.56 Å². The highest BCUT2D eigenvalue weighted by Crippen LogP contribution is 2.25. The van der Waals surface area contributed by atoms with Crippen LogP contribution in [0.4, 0.5) is 10.1 Å². The number of hydrogen-bond acceptors (Lipinski definition) is 5. The minimum atomic E-state index is -1.66.